The first-order valence-corrected chi connectivity index (χ1v) is 7.20. The molecule has 0 spiro atoms. The molecule has 1 saturated carbocycles. The van der Waals surface area contributed by atoms with Crippen molar-refractivity contribution >= 4 is 17.7 Å². The number of rotatable bonds is 4. The van der Waals surface area contributed by atoms with Gasteiger partial charge in [-0.1, -0.05) is 6.07 Å². The van der Waals surface area contributed by atoms with Crippen LogP contribution in [0, 0.1) is 11.8 Å². The molecule has 1 fully saturated rings. The van der Waals surface area contributed by atoms with Crippen LogP contribution in [0.15, 0.2) is 18.2 Å². The van der Waals surface area contributed by atoms with Crippen molar-refractivity contribution in [1.82, 2.24) is 0 Å². The van der Waals surface area contributed by atoms with Crippen LogP contribution in [0.4, 0.5) is 0 Å². The maximum atomic E-state index is 12.3. The topological polar surface area (TPSA) is 101 Å². The number of Topliss-reactive ketones (excluding diaryl/α,β-unsaturated/α-hetero) is 1. The van der Waals surface area contributed by atoms with Gasteiger partial charge in [-0.05, 0) is 30.2 Å². The van der Waals surface area contributed by atoms with Crippen LogP contribution in [0.2, 0.25) is 0 Å². The van der Waals surface area contributed by atoms with E-state index in [1.165, 1.54) is 0 Å². The first-order valence-electron chi connectivity index (χ1n) is 7.20. The fraction of sp³-hybridized carbons (Fsp3) is 0.438. The van der Waals surface area contributed by atoms with E-state index in [2.05, 4.69) is 0 Å². The molecule has 22 heavy (non-hydrogen) atoms. The third-order valence-electron chi connectivity index (χ3n) is 4.62. The standard InChI is InChI=1S/C16H16O6/c1-2-22-7-3-4-8-9(5-7)12-11(17)6-10(8)13(15(18)19)14(12)16(20)21/h3-5,10,12-14H,2,6H2,1H3,(H,18,19)(H,20,21). The van der Waals surface area contributed by atoms with Gasteiger partial charge in [-0.3, -0.25) is 14.4 Å². The number of carbonyl (C=O) groups is 3. The van der Waals surface area contributed by atoms with Gasteiger partial charge in [0.15, 0.2) is 0 Å². The third kappa shape index (κ3) is 1.98. The normalized spacial score (nSPS) is 29.0. The highest BCUT2D eigenvalue weighted by atomic mass is 16.5. The van der Waals surface area contributed by atoms with Crippen molar-refractivity contribution in [1.29, 1.82) is 0 Å². The summed E-state index contributed by atoms with van der Waals surface area (Å²) < 4.78 is 5.41. The molecular formula is C16H16O6. The van der Waals surface area contributed by atoms with Crippen LogP contribution in [0.3, 0.4) is 0 Å². The van der Waals surface area contributed by atoms with Gasteiger partial charge >= 0.3 is 11.9 Å². The predicted molar refractivity (Wildman–Crippen MR) is 75.0 cm³/mol. The molecule has 1 aromatic rings. The van der Waals surface area contributed by atoms with Gasteiger partial charge in [0.05, 0.1) is 24.4 Å². The van der Waals surface area contributed by atoms with Gasteiger partial charge in [0.2, 0.25) is 0 Å². The average molecular weight is 304 g/mol. The lowest BCUT2D eigenvalue weighted by atomic mass is 9.55. The zero-order valence-electron chi connectivity index (χ0n) is 12.0. The molecule has 0 aromatic heterocycles. The lowest BCUT2D eigenvalue weighted by Crippen LogP contribution is -2.49. The highest BCUT2D eigenvalue weighted by Gasteiger charge is 2.56. The van der Waals surface area contributed by atoms with Crippen LogP contribution in [0.25, 0.3) is 0 Å². The highest BCUT2D eigenvalue weighted by molar-refractivity contribution is 5.98. The maximum absolute atomic E-state index is 12.3. The molecule has 1 aromatic carbocycles. The minimum Gasteiger partial charge on any atom is -0.494 e. The van der Waals surface area contributed by atoms with Gasteiger partial charge in [0, 0.05) is 12.3 Å². The van der Waals surface area contributed by atoms with Crippen LogP contribution < -0.4 is 4.74 Å². The fourth-order valence-corrected chi connectivity index (χ4v) is 3.84. The van der Waals surface area contributed by atoms with Gasteiger partial charge in [-0.2, -0.15) is 0 Å². The molecule has 4 atom stereocenters. The summed E-state index contributed by atoms with van der Waals surface area (Å²) in [5, 5.41) is 18.9. The number of carboxylic acids is 2. The molecule has 4 rings (SSSR count). The largest absolute Gasteiger partial charge is 0.494 e. The van der Waals surface area contributed by atoms with E-state index >= 15 is 0 Å². The first-order chi connectivity index (χ1) is 10.5. The molecule has 6 heteroatoms. The molecule has 2 bridgehead atoms. The van der Waals surface area contributed by atoms with E-state index in [0.29, 0.717) is 17.9 Å². The molecule has 0 amide bonds. The SMILES string of the molecule is CCOc1ccc2c(c1)C1C(=O)CC2C(C(=O)O)C1C(=O)O. The lowest BCUT2D eigenvalue weighted by Gasteiger charge is -2.45. The van der Waals surface area contributed by atoms with Gasteiger partial charge in [0.25, 0.3) is 0 Å². The molecular weight excluding hydrogens is 288 g/mol. The maximum Gasteiger partial charge on any atom is 0.308 e. The molecule has 0 aliphatic heterocycles. The average Bonchev–Trinajstić information content (AvgIpc) is 2.46. The quantitative estimate of drug-likeness (QED) is 0.877. The van der Waals surface area contributed by atoms with E-state index in [9.17, 15) is 24.6 Å². The van der Waals surface area contributed by atoms with E-state index < -0.39 is 35.6 Å². The molecule has 2 N–H and O–H groups in total. The van der Waals surface area contributed by atoms with Gasteiger partial charge in [-0.25, -0.2) is 0 Å². The van der Waals surface area contributed by atoms with Crippen molar-refractivity contribution in [3.63, 3.8) is 0 Å². The Labute approximate surface area is 126 Å². The van der Waals surface area contributed by atoms with E-state index in [0.717, 1.165) is 5.56 Å². The monoisotopic (exact) mass is 304 g/mol. The minimum atomic E-state index is -1.23. The Morgan fingerprint density at radius 3 is 2.45 bits per heavy atom. The second kappa shape index (κ2) is 5.12. The molecule has 6 nitrogen and oxygen atoms in total. The van der Waals surface area contributed by atoms with E-state index in [1.807, 2.05) is 6.92 Å². The van der Waals surface area contributed by atoms with Crippen molar-refractivity contribution in [2.45, 2.75) is 25.2 Å². The number of hydrogen-bond donors (Lipinski definition) is 2. The summed E-state index contributed by atoms with van der Waals surface area (Å²) in [5.74, 6) is -5.79. The Bertz CT molecular complexity index is 665. The molecule has 116 valence electrons. The van der Waals surface area contributed by atoms with Crippen LogP contribution in [-0.4, -0.2) is 34.5 Å². The van der Waals surface area contributed by atoms with Gasteiger partial charge in [-0.15, -0.1) is 0 Å². The Balaban J connectivity index is 2.16. The molecule has 0 saturated heterocycles. The van der Waals surface area contributed by atoms with Crippen molar-refractivity contribution < 1.29 is 29.3 Å². The minimum absolute atomic E-state index is 0.0897. The first kappa shape index (κ1) is 14.6. The van der Waals surface area contributed by atoms with Crippen LogP contribution in [0.1, 0.15) is 36.3 Å². The lowest BCUT2D eigenvalue weighted by molar-refractivity contribution is -0.160. The number of aliphatic carboxylic acids is 2. The van der Waals surface area contributed by atoms with Crippen LogP contribution in [-0.2, 0) is 14.4 Å². The summed E-state index contributed by atoms with van der Waals surface area (Å²) in [6, 6.07) is 5.18. The zero-order chi connectivity index (χ0) is 16.0. The second-order valence-corrected chi connectivity index (χ2v) is 5.71. The number of carbonyl (C=O) groups excluding carboxylic acids is 1. The number of fused-ring (bicyclic) bond motifs is 2. The number of ether oxygens (including phenoxy) is 1. The van der Waals surface area contributed by atoms with E-state index in [4.69, 9.17) is 4.74 Å². The van der Waals surface area contributed by atoms with E-state index in [1.54, 1.807) is 18.2 Å². The molecule has 0 radical (unpaired) electrons. The number of hydrogen-bond acceptors (Lipinski definition) is 4. The Morgan fingerprint density at radius 1 is 1.18 bits per heavy atom. The summed E-state index contributed by atoms with van der Waals surface area (Å²) in [5.41, 5.74) is 1.37. The van der Waals surface area contributed by atoms with Crippen molar-refractivity contribution in [2.75, 3.05) is 6.61 Å². The number of ketones is 1. The molecule has 4 unspecified atom stereocenters. The van der Waals surface area contributed by atoms with Crippen molar-refractivity contribution in [2.24, 2.45) is 11.8 Å². The fourth-order valence-electron chi connectivity index (χ4n) is 3.84. The Kier molecular flexibility index (Phi) is 3.39. The number of benzene rings is 1. The molecule has 3 aliphatic carbocycles. The summed E-state index contributed by atoms with van der Waals surface area (Å²) >= 11 is 0. The summed E-state index contributed by atoms with van der Waals surface area (Å²) in [7, 11) is 0. The van der Waals surface area contributed by atoms with Crippen molar-refractivity contribution in [3.8, 4) is 5.75 Å². The second-order valence-electron chi connectivity index (χ2n) is 5.71. The summed E-state index contributed by atoms with van der Waals surface area (Å²) in [6.45, 7) is 2.29. The van der Waals surface area contributed by atoms with Gasteiger partial charge in [0.1, 0.15) is 11.5 Å². The summed E-state index contributed by atoms with van der Waals surface area (Å²) in [4.78, 5) is 35.4. The van der Waals surface area contributed by atoms with Crippen molar-refractivity contribution in [3.05, 3.63) is 29.3 Å². The zero-order valence-corrected chi connectivity index (χ0v) is 12.0. The molecule has 0 heterocycles. The highest BCUT2D eigenvalue weighted by Crippen LogP contribution is 2.54. The molecule has 3 aliphatic rings. The van der Waals surface area contributed by atoms with Crippen LogP contribution >= 0.6 is 0 Å². The van der Waals surface area contributed by atoms with E-state index in [-0.39, 0.29) is 12.2 Å². The number of carboxylic acid groups (broad SMARTS) is 2. The van der Waals surface area contributed by atoms with Gasteiger partial charge < -0.3 is 14.9 Å². The predicted octanol–water partition coefficient (Wildman–Crippen LogP) is 1.64. The third-order valence-corrected chi connectivity index (χ3v) is 4.62. The Hall–Kier alpha value is -2.37. The Morgan fingerprint density at radius 2 is 1.86 bits per heavy atom. The summed E-state index contributed by atoms with van der Waals surface area (Å²) in [6.07, 6.45) is 0.0897. The van der Waals surface area contributed by atoms with Crippen LogP contribution in [0.5, 0.6) is 5.75 Å². The smallest absolute Gasteiger partial charge is 0.308 e.